The minimum atomic E-state index is -0.886. The Morgan fingerprint density at radius 2 is 0.898 bits per heavy atom. The Morgan fingerprint density at radius 1 is 0.508 bits per heavy atom. The lowest BCUT2D eigenvalue weighted by atomic mass is 10.1. The van der Waals surface area contributed by atoms with Gasteiger partial charge in [0.05, 0.1) is 34.4 Å². The van der Waals surface area contributed by atoms with Crippen molar-refractivity contribution in [3.05, 3.63) is 97.2 Å². The third kappa shape index (κ3) is 39.5. The first kappa shape index (κ1) is 55.2. The van der Waals surface area contributed by atoms with Crippen molar-refractivity contribution in [2.24, 2.45) is 0 Å². The Bertz CT molecular complexity index is 1280. The van der Waals surface area contributed by atoms with Gasteiger partial charge in [0.15, 0.2) is 12.1 Å². The molecule has 0 aliphatic rings. The minimum absolute atomic E-state index is 0.0405. The quantitative estimate of drug-likeness (QED) is 0.0285. The molecular formula is C51H84NO7+. The predicted molar refractivity (Wildman–Crippen MR) is 247 cm³/mol. The number of carbonyl (C=O) groups is 3. The van der Waals surface area contributed by atoms with Gasteiger partial charge in [0.25, 0.3) is 0 Å². The van der Waals surface area contributed by atoms with E-state index in [1.54, 1.807) is 0 Å². The van der Waals surface area contributed by atoms with E-state index in [1.165, 1.54) is 0 Å². The maximum Gasteiger partial charge on any atom is 0.362 e. The van der Waals surface area contributed by atoms with E-state index in [-0.39, 0.29) is 36.2 Å². The molecule has 334 valence electrons. The number of rotatable bonds is 39. The average molecular weight is 823 g/mol. The second-order valence-electron chi connectivity index (χ2n) is 15.9. The second kappa shape index (κ2) is 41.0. The van der Waals surface area contributed by atoms with Crippen molar-refractivity contribution in [1.29, 1.82) is 0 Å². The summed E-state index contributed by atoms with van der Waals surface area (Å²) in [6.45, 7) is 4.45. The van der Waals surface area contributed by atoms with Crippen LogP contribution < -0.4 is 0 Å². The number of nitrogens with zero attached hydrogens (tertiary/aromatic N) is 1. The Morgan fingerprint density at radius 3 is 1.32 bits per heavy atom. The molecule has 0 spiro atoms. The van der Waals surface area contributed by atoms with Crippen molar-refractivity contribution >= 4 is 17.9 Å². The summed E-state index contributed by atoms with van der Waals surface area (Å²) in [6, 6.07) is -0.626. The number of esters is 2. The molecule has 0 aromatic rings. The van der Waals surface area contributed by atoms with E-state index in [4.69, 9.17) is 14.2 Å². The number of allylic oxidation sites excluding steroid dienone is 16. The maximum absolute atomic E-state index is 12.7. The molecule has 0 heterocycles. The molecule has 0 bridgehead atoms. The Labute approximate surface area is 360 Å². The van der Waals surface area contributed by atoms with E-state index in [1.807, 2.05) is 21.1 Å². The Balaban J connectivity index is 4.36. The molecule has 0 fully saturated rings. The molecule has 1 N–H and O–H groups in total. The fourth-order valence-corrected chi connectivity index (χ4v) is 6.01. The molecule has 0 rings (SSSR count). The molecular weight excluding hydrogens is 739 g/mol. The first-order valence-corrected chi connectivity index (χ1v) is 22.8. The normalized spacial score (nSPS) is 13.8. The van der Waals surface area contributed by atoms with Gasteiger partial charge in [0, 0.05) is 19.3 Å². The number of hydrogen-bond acceptors (Lipinski definition) is 6. The summed E-state index contributed by atoms with van der Waals surface area (Å²) >= 11 is 0. The summed E-state index contributed by atoms with van der Waals surface area (Å²) in [5.74, 6) is -1.53. The van der Waals surface area contributed by atoms with Crippen molar-refractivity contribution in [2.45, 2.75) is 167 Å². The number of hydrogen-bond donors (Lipinski definition) is 1. The number of aliphatic carboxylic acids is 1. The van der Waals surface area contributed by atoms with Crippen molar-refractivity contribution in [3.63, 3.8) is 0 Å². The van der Waals surface area contributed by atoms with Crippen LogP contribution >= 0.6 is 0 Å². The molecule has 0 aromatic carbocycles. The van der Waals surface area contributed by atoms with Crippen LogP contribution in [0.5, 0.6) is 0 Å². The molecule has 0 aliphatic carbocycles. The standard InChI is InChI=1S/C51H83NO7/c1-6-8-10-12-14-16-18-20-21-22-23-24-25-26-27-28-29-30-32-33-35-37-39-41-49(53)58-46-47(45-57-44-43-48(51(55)56)52(3,4)5)59-50(54)42-40-38-36-34-31-19-17-15-13-11-9-7-2/h8-11,14-17,20-21,23-24,26-27,29-30,47-48H,6-7,12-13,18-19,22,25,28,31-46H2,1-5H3/p+1/b10-8+,11-9+,16-14+,17-15+,21-20+,24-23+,27-26+,30-29+. The molecule has 0 radical (unpaired) electrons. The molecule has 0 amide bonds. The van der Waals surface area contributed by atoms with Crippen LogP contribution in [0.25, 0.3) is 0 Å². The van der Waals surface area contributed by atoms with Gasteiger partial charge in [-0.25, -0.2) is 4.79 Å². The summed E-state index contributed by atoms with van der Waals surface area (Å²) in [4.78, 5) is 37.0. The first-order valence-electron chi connectivity index (χ1n) is 22.8. The zero-order chi connectivity index (χ0) is 43.5. The molecule has 59 heavy (non-hydrogen) atoms. The fraction of sp³-hybridized carbons (Fsp3) is 0.627. The number of likely N-dealkylation sites (N-methyl/N-ethyl adjacent to an activating group) is 1. The smallest absolute Gasteiger partial charge is 0.362 e. The van der Waals surface area contributed by atoms with Gasteiger partial charge in [-0.2, -0.15) is 0 Å². The molecule has 0 aliphatic heterocycles. The highest BCUT2D eigenvalue weighted by Gasteiger charge is 2.31. The zero-order valence-corrected chi connectivity index (χ0v) is 37.9. The summed E-state index contributed by atoms with van der Waals surface area (Å²) in [5.41, 5.74) is 0. The van der Waals surface area contributed by atoms with Crippen LogP contribution in [-0.4, -0.2) is 80.6 Å². The number of carboxylic acids is 1. The third-order valence-electron chi connectivity index (χ3n) is 9.48. The minimum Gasteiger partial charge on any atom is -0.477 e. The largest absolute Gasteiger partial charge is 0.477 e. The topological polar surface area (TPSA) is 99.1 Å². The average Bonchev–Trinajstić information content (AvgIpc) is 3.19. The molecule has 0 saturated heterocycles. The van der Waals surface area contributed by atoms with Gasteiger partial charge < -0.3 is 23.8 Å². The number of carbonyl (C=O) groups excluding carboxylic acids is 2. The SMILES string of the molecule is CC/C=C/C/C=C/C/C=C/C/C=C/C/C=C/C/C=C/CCCCCCC(=O)OCC(COCCC(C(=O)O)[N+](C)(C)C)OC(=O)CCCCCCC/C=C/C/C=C/CC. The van der Waals surface area contributed by atoms with E-state index >= 15 is 0 Å². The second-order valence-corrected chi connectivity index (χ2v) is 15.9. The van der Waals surface area contributed by atoms with Crippen molar-refractivity contribution in [2.75, 3.05) is 41.0 Å². The summed E-state index contributed by atoms with van der Waals surface area (Å²) < 4.78 is 17.2. The number of ether oxygens (including phenoxy) is 3. The lowest BCUT2D eigenvalue weighted by molar-refractivity contribution is -0.887. The van der Waals surface area contributed by atoms with Gasteiger partial charge in [0.1, 0.15) is 6.61 Å². The first-order chi connectivity index (χ1) is 28.6. The van der Waals surface area contributed by atoms with E-state index < -0.39 is 18.1 Å². The van der Waals surface area contributed by atoms with Gasteiger partial charge in [-0.1, -0.05) is 143 Å². The summed E-state index contributed by atoms with van der Waals surface area (Å²) in [5, 5.41) is 9.62. The van der Waals surface area contributed by atoms with Gasteiger partial charge in [-0.05, 0) is 89.9 Å². The monoisotopic (exact) mass is 823 g/mol. The van der Waals surface area contributed by atoms with E-state index in [0.29, 0.717) is 19.3 Å². The highest BCUT2D eigenvalue weighted by Crippen LogP contribution is 2.12. The highest BCUT2D eigenvalue weighted by molar-refractivity contribution is 5.72. The van der Waals surface area contributed by atoms with Gasteiger partial charge in [-0.15, -0.1) is 0 Å². The lowest BCUT2D eigenvalue weighted by Crippen LogP contribution is -2.50. The number of unbranched alkanes of at least 4 members (excludes halogenated alkanes) is 9. The predicted octanol–water partition coefficient (Wildman–Crippen LogP) is 12.7. The summed E-state index contributed by atoms with van der Waals surface area (Å²) in [6.07, 6.45) is 54.6. The van der Waals surface area contributed by atoms with Crippen LogP contribution in [0.4, 0.5) is 0 Å². The van der Waals surface area contributed by atoms with Crippen LogP contribution in [0, 0.1) is 0 Å². The van der Waals surface area contributed by atoms with Crippen LogP contribution in [-0.2, 0) is 28.6 Å². The highest BCUT2D eigenvalue weighted by atomic mass is 16.6. The molecule has 8 heteroatoms. The lowest BCUT2D eigenvalue weighted by Gasteiger charge is -2.31. The maximum atomic E-state index is 12.7. The van der Waals surface area contributed by atoms with Crippen LogP contribution in [0.1, 0.15) is 155 Å². The Kier molecular flexibility index (Phi) is 38.4. The Hall–Kier alpha value is -3.75. The summed E-state index contributed by atoms with van der Waals surface area (Å²) in [7, 11) is 5.50. The fourth-order valence-electron chi connectivity index (χ4n) is 6.01. The molecule has 0 saturated carbocycles. The van der Waals surface area contributed by atoms with Crippen LogP contribution in [0.2, 0.25) is 0 Å². The van der Waals surface area contributed by atoms with Crippen molar-refractivity contribution < 1.29 is 38.2 Å². The van der Waals surface area contributed by atoms with E-state index in [9.17, 15) is 19.5 Å². The molecule has 0 aromatic heterocycles. The van der Waals surface area contributed by atoms with E-state index in [0.717, 1.165) is 122 Å². The number of carboxylic acid groups (broad SMARTS) is 1. The molecule has 8 nitrogen and oxygen atoms in total. The number of quaternary nitrogens is 1. The molecule has 2 atom stereocenters. The van der Waals surface area contributed by atoms with E-state index in [2.05, 4.69) is 111 Å². The van der Waals surface area contributed by atoms with Gasteiger partial charge in [-0.3, -0.25) is 9.59 Å². The third-order valence-corrected chi connectivity index (χ3v) is 9.48. The van der Waals surface area contributed by atoms with Crippen LogP contribution in [0.3, 0.4) is 0 Å². The zero-order valence-electron chi connectivity index (χ0n) is 37.9. The van der Waals surface area contributed by atoms with Gasteiger partial charge in [0.2, 0.25) is 0 Å². The molecule has 2 unspecified atom stereocenters. The van der Waals surface area contributed by atoms with Gasteiger partial charge >= 0.3 is 17.9 Å². The van der Waals surface area contributed by atoms with Crippen LogP contribution in [0.15, 0.2) is 97.2 Å². The van der Waals surface area contributed by atoms with Crippen molar-refractivity contribution in [3.8, 4) is 0 Å². The van der Waals surface area contributed by atoms with Crippen molar-refractivity contribution in [1.82, 2.24) is 0 Å².